The minimum absolute atomic E-state index is 0.210. The van der Waals surface area contributed by atoms with E-state index in [2.05, 4.69) is 5.10 Å². The molecule has 0 amide bonds. The molecule has 16 heavy (non-hydrogen) atoms. The standard InChI is InChI=1S/C13H22N2O/c1-15-8-7-12(14-15)10-13(16)9-11-5-3-2-4-6-11/h7-8,11,13,16H,2-6,9-10H2,1H3. The minimum atomic E-state index is -0.210. The van der Waals surface area contributed by atoms with Gasteiger partial charge in [-0.1, -0.05) is 32.1 Å². The molecule has 3 nitrogen and oxygen atoms in total. The number of hydrogen-bond acceptors (Lipinski definition) is 2. The van der Waals surface area contributed by atoms with E-state index in [-0.39, 0.29) is 6.10 Å². The monoisotopic (exact) mass is 222 g/mol. The average molecular weight is 222 g/mol. The van der Waals surface area contributed by atoms with Crippen LogP contribution in [0.2, 0.25) is 0 Å². The molecule has 1 atom stereocenters. The molecule has 0 bridgehead atoms. The van der Waals surface area contributed by atoms with Crippen LogP contribution >= 0.6 is 0 Å². The molecule has 1 aliphatic carbocycles. The molecule has 1 saturated carbocycles. The lowest BCUT2D eigenvalue weighted by molar-refractivity contribution is 0.129. The molecule has 2 rings (SSSR count). The number of aliphatic hydroxyl groups is 1. The first-order valence-electron chi connectivity index (χ1n) is 6.40. The summed E-state index contributed by atoms with van der Waals surface area (Å²) in [6.07, 6.45) is 10.1. The van der Waals surface area contributed by atoms with E-state index in [1.165, 1.54) is 32.1 Å². The van der Waals surface area contributed by atoms with Gasteiger partial charge >= 0.3 is 0 Å². The Morgan fingerprint density at radius 1 is 1.44 bits per heavy atom. The first-order valence-corrected chi connectivity index (χ1v) is 6.40. The topological polar surface area (TPSA) is 38.0 Å². The third kappa shape index (κ3) is 3.34. The van der Waals surface area contributed by atoms with Gasteiger partial charge in [-0.05, 0) is 18.4 Å². The van der Waals surface area contributed by atoms with Crippen molar-refractivity contribution in [2.24, 2.45) is 13.0 Å². The van der Waals surface area contributed by atoms with Crippen LogP contribution < -0.4 is 0 Å². The van der Waals surface area contributed by atoms with Crippen LogP contribution in [0.25, 0.3) is 0 Å². The number of aromatic nitrogens is 2. The fraction of sp³-hybridized carbons (Fsp3) is 0.769. The molecule has 1 fully saturated rings. The van der Waals surface area contributed by atoms with Gasteiger partial charge in [0.1, 0.15) is 0 Å². The van der Waals surface area contributed by atoms with Crippen molar-refractivity contribution in [1.82, 2.24) is 9.78 Å². The van der Waals surface area contributed by atoms with Crippen LogP contribution in [0.3, 0.4) is 0 Å². The maximum atomic E-state index is 10.0. The van der Waals surface area contributed by atoms with Crippen LogP contribution in [-0.4, -0.2) is 21.0 Å². The zero-order chi connectivity index (χ0) is 11.4. The number of nitrogens with zero attached hydrogens (tertiary/aromatic N) is 2. The molecule has 1 heterocycles. The molecule has 1 aromatic rings. The molecule has 1 N–H and O–H groups in total. The van der Waals surface area contributed by atoms with Crippen molar-refractivity contribution in [3.8, 4) is 0 Å². The number of aryl methyl sites for hydroxylation is 1. The van der Waals surface area contributed by atoms with Gasteiger partial charge in [0.25, 0.3) is 0 Å². The quantitative estimate of drug-likeness (QED) is 0.849. The van der Waals surface area contributed by atoms with Crippen molar-refractivity contribution in [2.45, 2.75) is 51.0 Å². The lowest BCUT2D eigenvalue weighted by atomic mass is 9.85. The van der Waals surface area contributed by atoms with E-state index in [0.717, 1.165) is 18.0 Å². The van der Waals surface area contributed by atoms with Crippen molar-refractivity contribution in [1.29, 1.82) is 0 Å². The Balaban J connectivity index is 1.77. The van der Waals surface area contributed by atoms with Gasteiger partial charge in [0.15, 0.2) is 0 Å². The van der Waals surface area contributed by atoms with Crippen LogP contribution in [0.1, 0.15) is 44.2 Å². The summed E-state index contributed by atoms with van der Waals surface area (Å²) in [7, 11) is 1.91. The average Bonchev–Trinajstić information content (AvgIpc) is 2.65. The van der Waals surface area contributed by atoms with Crippen molar-refractivity contribution in [3.63, 3.8) is 0 Å². The van der Waals surface area contributed by atoms with E-state index in [4.69, 9.17) is 0 Å². The van der Waals surface area contributed by atoms with E-state index in [1.54, 1.807) is 4.68 Å². The van der Waals surface area contributed by atoms with Gasteiger partial charge in [-0.3, -0.25) is 4.68 Å². The van der Waals surface area contributed by atoms with Crippen LogP contribution in [0.5, 0.6) is 0 Å². The van der Waals surface area contributed by atoms with Gasteiger partial charge in [0, 0.05) is 19.7 Å². The fourth-order valence-electron chi connectivity index (χ4n) is 2.70. The lowest BCUT2D eigenvalue weighted by Crippen LogP contribution is -2.18. The van der Waals surface area contributed by atoms with Crippen LogP contribution in [-0.2, 0) is 13.5 Å². The Labute approximate surface area is 97.5 Å². The fourth-order valence-corrected chi connectivity index (χ4v) is 2.70. The normalized spacial score (nSPS) is 19.9. The van der Waals surface area contributed by atoms with Crippen molar-refractivity contribution >= 4 is 0 Å². The summed E-state index contributed by atoms with van der Waals surface area (Å²) in [5.74, 6) is 0.743. The lowest BCUT2D eigenvalue weighted by Gasteiger charge is -2.23. The summed E-state index contributed by atoms with van der Waals surface area (Å²) < 4.78 is 1.79. The first kappa shape index (κ1) is 11.6. The van der Waals surface area contributed by atoms with Crippen molar-refractivity contribution < 1.29 is 5.11 Å². The first-order chi connectivity index (χ1) is 7.74. The van der Waals surface area contributed by atoms with Gasteiger partial charge in [0.05, 0.1) is 11.8 Å². The summed E-state index contributed by atoms with van der Waals surface area (Å²) in [6, 6.07) is 1.99. The molecule has 0 radical (unpaired) electrons. The highest BCUT2D eigenvalue weighted by atomic mass is 16.3. The third-order valence-corrected chi connectivity index (χ3v) is 3.54. The van der Waals surface area contributed by atoms with Crippen LogP contribution in [0.15, 0.2) is 12.3 Å². The zero-order valence-corrected chi connectivity index (χ0v) is 10.1. The molecule has 0 saturated heterocycles. The van der Waals surface area contributed by atoms with E-state index in [9.17, 15) is 5.11 Å². The summed E-state index contributed by atoms with van der Waals surface area (Å²) in [6.45, 7) is 0. The number of aliphatic hydroxyl groups excluding tert-OH is 1. The van der Waals surface area contributed by atoms with E-state index in [0.29, 0.717) is 6.42 Å². The molecule has 1 aromatic heterocycles. The van der Waals surface area contributed by atoms with Crippen LogP contribution in [0.4, 0.5) is 0 Å². The van der Waals surface area contributed by atoms with Crippen LogP contribution in [0, 0.1) is 5.92 Å². The highest BCUT2D eigenvalue weighted by Gasteiger charge is 2.18. The van der Waals surface area contributed by atoms with E-state index >= 15 is 0 Å². The maximum Gasteiger partial charge on any atom is 0.0650 e. The predicted octanol–water partition coefficient (Wildman–Crippen LogP) is 2.29. The largest absolute Gasteiger partial charge is 0.393 e. The molecular weight excluding hydrogens is 200 g/mol. The smallest absolute Gasteiger partial charge is 0.0650 e. The maximum absolute atomic E-state index is 10.0. The SMILES string of the molecule is Cn1ccc(CC(O)CC2CCCCC2)n1. The summed E-state index contributed by atoms with van der Waals surface area (Å²) in [5, 5.41) is 14.3. The molecule has 0 aliphatic heterocycles. The molecular formula is C13H22N2O. The van der Waals surface area contributed by atoms with E-state index in [1.807, 2.05) is 19.3 Å². The second-order valence-corrected chi connectivity index (χ2v) is 5.08. The Morgan fingerprint density at radius 3 is 2.81 bits per heavy atom. The Hall–Kier alpha value is -0.830. The second kappa shape index (κ2) is 5.48. The Bertz CT molecular complexity index is 315. The van der Waals surface area contributed by atoms with Gasteiger partial charge < -0.3 is 5.11 Å². The van der Waals surface area contributed by atoms with Gasteiger partial charge in [-0.15, -0.1) is 0 Å². The molecule has 90 valence electrons. The van der Waals surface area contributed by atoms with Gasteiger partial charge in [0.2, 0.25) is 0 Å². The summed E-state index contributed by atoms with van der Waals surface area (Å²) in [4.78, 5) is 0. The molecule has 1 aliphatic rings. The zero-order valence-electron chi connectivity index (χ0n) is 10.1. The Kier molecular flexibility index (Phi) is 3.99. The third-order valence-electron chi connectivity index (χ3n) is 3.54. The summed E-state index contributed by atoms with van der Waals surface area (Å²) >= 11 is 0. The van der Waals surface area contributed by atoms with Gasteiger partial charge in [-0.25, -0.2) is 0 Å². The van der Waals surface area contributed by atoms with Crippen molar-refractivity contribution in [3.05, 3.63) is 18.0 Å². The van der Waals surface area contributed by atoms with E-state index < -0.39 is 0 Å². The molecule has 0 spiro atoms. The number of rotatable bonds is 4. The molecule has 1 unspecified atom stereocenters. The molecule has 3 heteroatoms. The second-order valence-electron chi connectivity index (χ2n) is 5.08. The number of hydrogen-bond donors (Lipinski definition) is 1. The highest BCUT2D eigenvalue weighted by Crippen LogP contribution is 2.27. The summed E-state index contributed by atoms with van der Waals surface area (Å²) in [5.41, 5.74) is 1.01. The van der Waals surface area contributed by atoms with Crippen molar-refractivity contribution in [2.75, 3.05) is 0 Å². The highest BCUT2D eigenvalue weighted by molar-refractivity contribution is 5.00. The predicted molar refractivity (Wildman–Crippen MR) is 64.1 cm³/mol. The molecule has 0 aromatic carbocycles. The minimum Gasteiger partial charge on any atom is -0.393 e. The van der Waals surface area contributed by atoms with Gasteiger partial charge in [-0.2, -0.15) is 5.10 Å². The Morgan fingerprint density at radius 2 is 2.19 bits per heavy atom.